The highest BCUT2D eigenvalue weighted by atomic mass is 32.2. The molecule has 2 fully saturated rings. The molecule has 0 bridgehead atoms. The van der Waals surface area contributed by atoms with E-state index in [-0.39, 0.29) is 23.0 Å². The van der Waals surface area contributed by atoms with Gasteiger partial charge in [-0.2, -0.15) is 16.8 Å². The summed E-state index contributed by atoms with van der Waals surface area (Å²) in [7, 11) is -8.04. The number of aryl methyl sites for hydroxylation is 2. The molecule has 270 valence electrons. The van der Waals surface area contributed by atoms with Crippen LogP contribution < -0.4 is 11.5 Å². The van der Waals surface area contributed by atoms with Crippen molar-refractivity contribution in [1.29, 1.82) is 0 Å². The summed E-state index contributed by atoms with van der Waals surface area (Å²) in [5, 5.41) is 0. The van der Waals surface area contributed by atoms with E-state index in [0.717, 1.165) is 11.1 Å². The quantitative estimate of drug-likeness (QED) is 0.205. The van der Waals surface area contributed by atoms with E-state index in [1.165, 1.54) is 24.3 Å². The molecule has 4 unspecified atom stereocenters. The van der Waals surface area contributed by atoms with Gasteiger partial charge >= 0.3 is 11.9 Å². The van der Waals surface area contributed by atoms with Crippen LogP contribution in [0.2, 0.25) is 0 Å². The van der Waals surface area contributed by atoms with Gasteiger partial charge in [0.25, 0.3) is 20.2 Å². The lowest BCUT2D eigenvalue weighted by Gasteiger charge is -2.20. The first-order chi connectivity index (χ1) is 22.2. The molecule has 6 N–H and O–H groups in total. The van der Waals surface area contributed by atoms with Crippen molar-refractivity contribution in [2.24, 2.45) is 23.3 Å². The Balaban J connectivity index is 0.000000298. The summed E-state index contributed by atoms with van der Waals surface area (Å²) in [5.74, 6) is -0.328. The minimum atomic E-state index is -4.02. The number of esters is 2. The van der Waals surface area contributed by atoms with Crippen LogP contribution in [0.25, 0.3) is 0 Å². The molecule has 0 aromatic heterocycles. The van der Waals surface area contributed by atoms with Gasteiger partial charge in [-0.25, -0.2) is 0 Å². The second-order valence-electron chi connectivity index (χ2n) is 12.6. The molecule has 2 aromatic carbocycles. The molecule has 2 aliphatic rings. The topological polar surface area (TPSA) is 232 Å². The van der Waals surface area contributed by atoms with Crippen LogP contribution in [0.15, 0.2) is 58.3 Å². The van der Waals surface area contributed by atoms with E-state index in [0.29, 0.717) is 24.7 Å². The zero-order valence-electron chi connectivity index (χ0n) is 28.0. The zero-order valence-corrected chi connectivity index (χ0v) is 29.6. The smallest absolute Gasteiger partial charge is 0.323 e. The number of carbonyl (C=O) groups is 2. The summed E-state index contributed by atoms with van der Waals surface area (Å²) in [6.07, 6.45) is -0.892. The molecule has 0 aliphatic carbocycles. The van der Waals surface area contributed by atoms with Crippen molar-refractivity contribution >= 4 is 32.2 Å². The van der Waals surface area contributed by atoms with Crippen molar-refractivity contribution in [2.45, 2.75) is 101 Å². The van der Waals surface area contributed by atoms with Crippen molar-refractivity contribution < 1.29 is 54.5 Å². The lowest BCUT2D eigenvalue weighted by atomic mass is 10.0. The molecular weight excluding hydrogens is 668 g/mol. The predicted octanol–water partition coefficient (Wildman–Crippen LogP) is 2.84. The Labute approximate surface area is 283 Å². The fraction of sp³-hybridized carbons (Fsp3) is 0.562. The molecule has 14 nitrogen and oxygen atoms in total. The van der Waals surface area contributed by atoms with Crippen molar-refractivity contribution in [3.8, 4) is 0 Å². The second-order valence-corrected chi connectivity index (χ2v) is 15.4. The largest absolute Gasteiger partial charge is 0.456 e. The van der Waals surface area contributed by atoms with Crippen LogP contribution >= 0.6 is 0 Å². The minimum Gasteiger partial charge on any atom is -0.456 e. The van der Waals surface area contributed by atoms with Gasteiger partial charge in [-0.15, -0.1) is 0 Å². The SMILES string of the molecule is CC(C)CC(N)C(=O)O[C@H]1COC2C1OC[C@H]2OC(=O)C(N)CC(C)C.Cc1ccc(S(=O)(=O)O)cc1.Cc1ccc(S(=O)(=O)O)cc1. The van der Waals surface area contributed by atoms with Crippen molar-refractivity contribution in [1.82, 2.24) is 0 Å². The van der Waals surface area contributed by atoms with E-state index < -0.39 is 68.7 Å². The summed E-state index contributed by atoms with van der Waals surface area (Å²) >= 11 is 0. The molecule has 0 radical (unpaired) electrons. The van der Waals surface area contributed by atoms with Gasteiger partial charge in [-0.05, 0) is 62.8 Å². The van der Waals surface area contributed by atoms with Gasteiger partial charge in [0.1, 0.15) is 24.3 Å². The third kappa shape index (κ3) is 13.5. The normalized spacial score (nSPS) is 21.7. The number of fused-ring (bicyclic) bond motifs is 1. The fourth-order valence-electron chi connectivity index (χ4n) is 4.73. The highest BCUT2D eigenvalue weighted by Gasteiger charge is 2.51. The first-order valence-corrected chi connectivity index (χ1v) is 18.3. The van der Waals surface area contributed by atoms with Gasteiger partial charge in [0, 0.05) is 0 Å². The van der Waals surface area contributed by atoms with Crippen LogP contribution in [0.5, 0.6) is 0 Å². The molecule has 2 heterocycles. The molecule has 0 spiro atoms. The van der Waals surface area contributed by atoms with Gasteiger partial charge in [-0.1, -0.05) is 63.1 Å². The Bertz CT molecular complexity index is 1430. The summed E-state index contributed by atoms with van der Waals surface area (Å²) in [6, 6.07) is 10.6. The number of nitrogens with two attached hydrogens (primary N) is 2. The standard InChI is InChI=1S/C18H32N2O6.2C7H8O3S/c1-9(2)5-11(19)17(21)25-13-7-23-16-14(8-24-15(13)16)26-18(22)12(20)6-10(3)4;2*1-6-2-4-7(5-3-6)11(8,9)10/h9-16H,5-8,19-20H2,1-4H3;2*2-5H,1H3,(H,8,9,10)/t11?,12?,13-,14+,15?,16?;;. The number of hydrogen-bond acceptors (Lipinski definition) is 12. The number of carbonyl (C=O) groups excluding carboxylic acids is 2. The number of hydrogen-bond donors (Lipinski definition) is 4. The monoisotopic (exact) mass is 716 g/mol. The minimum absolute atomic E-state index is 0.0666. The Hall–Kier alpha value is -2.96. The molecule has 2 aliphatic heterocycles. The van der Waals surface area contributed by atoms with E-state index in [9.17, 15) is 26.4 Å². The van der Waals surface area contributed by atoms with Crippen molar-refractivity contribution in [3.63, 3.8) is 0 Å². The van der Waals surface area contributed by atoms with Gasteiger partial charge in [0.2, 0.25) is 0 Å². The van der Waals surface area contributed by atoms with Gasteiger partial charge < -0.3 is 30.4 Å². The Kier molecular flexibility index (Phi) is 15.6. The van der Waals surface area contributed by atoms with E-state index in [2.05, 4.69) is 0 Å². The van der Waals surface area contributed by atoms with Gasteiger partial charge in [0.05, 0.1) is 23.0 Å². The Morgan fingerprint density at radius 2 is 0.979 bits per heavy atom. The molecule has 0 saturated carbocycles. The molecule has 4 rings (SSSR count). The third-order valence-corrected chi connectivity index (χ3v) is 8.93. The van der Waals surface area contributed by atoms with Crippen molar-refractivity contribution in [3.05, 3.63) is 59.7 Å². The summed E-state index contributed by atoms with van der Waals surface area (Å²) < 4.78 is 81.4. The summed E-state index contributed by atoms with van der Waals surface area (Å²) in [6.45, 7) is 12.0. The summed E-state index contributed by atoms with van der Waals surface area (Å²) in [5.41, 5.74) is 13.6. The summed E-state index contributed by atoms with van der Waals surface area (Å²) in [4.78, 5) is 24.1. The molecule has 0 amide bonds. The molecule has 6 atom stereocenters. The Morgan fingerprint density at radius 1 is 0.688 bits per heavy atom. The van der Waals surface area contributed by atoms with Crippen LogP contribution in [-0.2, 0) is 48.8 Å². The first kappa shape index (κ1) is 41.2. The van der Waals surface area contributed by atoms with Crippen LogP contribution in [0.3, 0.4) is 0 Å². The molecule has 2 aromatic rings. The molecular formula is C32H48N2O12S2. The van der Waals surface area contributed by atoms with Crippen LogP contribution in [0, 0.1) is 25.7 Å². The maximum Gasteiger partial charge on any atom is 0.323 e. The average molecular weight is 717 g/mol. The zero-order chi connectivity index (χ0) is 36.4. The third-order valence-electron chi connectivity index (χ3n) is 7.19. The fourth-order valence-corrected chi connectivity index (χ4v) is 5.69. The lowest BCUT2D eigenvalue weighted by Crippen LogP contribution is -2.42. The predicted molar refractivity (Wildman–Crippen MR) is 176 cm³/mol. The van der Waals surface area contributed by atoms with E-state index >= 15 is 0 Å². The lowest BCUT2D eigenvalue weighted by molar-refractivity contribution is -0.157. The first-order valence-electron chi connectivity index (χ1n) is 15.4. The molecule has 48 heavy (non-hydrogen) atoms. The van der Waals surface area contributed by atoms with Gasteiger partial charge in [-0.3, -0.25) is 18.7 Å². The maximum atomic E-state index is 12.1. The number of rotatable bonds is 10. The van der Waals surface area contributed by atoms with Crippen LogP contribution in [-0.4, -0.2) is 87.6 Å². The van der Waals surface area contributed by atoms with Crippen LogP contribution in [0.4, 0.5) is 0 Å². The van der Waals surface area contributed by atoms with E-state index in [4.69, 9.17) is 39.5 Å². The van der Waals surface area contributed by atoms with Gasteiger partial charge in [0.15, 0.2) is 12.2 Å². The van der Waals surface area contributed by atoms with Crippen LogP contribution in [0.1, 0.15) is 51.7 Å². The van der Waals surface area contributed by atoms with Crippen molar-refractivity contribution in [2.75, 3.05) is 13.2 Å². The average Bonchev–Trinajstić information content (AvgIpc) is 3.55. The Morgan fingerprint density at radius 3 is 1.23 bits per heavy atom. The highest BCUT2D eigenvalue weighted by Crippen LogP contribution is 2.31. The van der Waals surface area contributed by atoms with E-state index in [1.807, 2.05) is 41.5 Å². The number of benzene rings is 2. The second kappa shape index (κ2) is 18.2. The molecule has 16 heteroatoms. The highest BCUT2D eigenvalue weighted by molar-refractivity contribution is 7.86. The number of ether oxygens (including phenoxy) is 4. The molecule has 2 saturated heterocycles. The maximum absolute atomic E-state index is 12.1. The van der Waals surface area contributed by atoms with E-state index in [1.54, 1.807) is 24.3 Å².